The molecule has 0 saturated heterocycles. The van der Waals surface area contributed by atoms with E-state index in [0.29, 0.717) is 18.8 Å². The average Bonchev–Trinajstić information content (AvgIpc) is 3.09. The normalized spacial score (nSPS) is 16.2. The number of non-ortho nitro benzene ring substituents is 1. The van der Waals surface area contributed by atoms with Gasteiger partial charge < -0.3 is 14.3 Å². The van der Waals surface area contributed by atoms with Gasteiger partial charge in [-0.05, 0) is 42.0 Å². The van der Waals surface area contributed by atoms with Crippen LogP contribution in [0.1, 0.15) is 12.0 Å². The van der Waals surface area contributed by atoms with E-state index in [9.17, 15) is 10.1 Å². The lowest BCUT2D eigenvalue weighted by atomic mass is 10.1. The Morgan fingerprint density at radius 3 is 2.46 bits per heavy atom. The van der Waals surface area contributed by atoms with Crippen LogP contribution in [0.25, 0.3) is 0 Å². The van der Waals surface area contributed by atoms with Crippen molar-refractivity contribution in [3.63, 3.8) is 0 Å². The van der Waals surface area contributed by atoms with Gasteiger partial charge in [-0.15, -0.1) is 0 Å². The summed E-state index contributed by atoms with van der Waals surface area (Å²) in [5.74, 6) is 1.35. The zero-order valence-electron chi connectivity index (χ0n) is 13.0. The van der Waals surface area contributed by atoms with Gasteiger partial charge in [0, 0.05) is 18.6 Å². The summed E-state index contributed by atoms with van der Waals surface area (Å²) in [6.45, 7) is 0.320. The van der Waals surface area contributed by atoms with E-state index in [0.717, 1.165) is 17.0 Å². The first-order valence-corrected chi connectivity index (χ1v) is 7.40. The molecule has 0 radical (unpaired) electrons. The highest BCUT2D eigenvalue weighted by Gasteiger charge is 2.23. The van der Waals surface area contributed by atoms with Crippen LogP contribution in [0.4, 0.5) is 5.69 Å². The number of ether oxygens (including phenoxy) is 2. The molecule has 0 saturated carbocycles. The van der Waals surface area contributed by atoms with Crippen LogP contribution in [0.15, 0.2) is 53.7 Å². The molecule has 0 fully saturated rings. The standard InChI is InChI=1S/C17H16N2O5/c1-22-14-6-2-12(3-7-14)17-10-16(24-18-17)11-23-15-8-4-13(5-9-15)19(20)21/h2-9,16H,10-11H2,1H3/t16-/m1/s1. The number of oxime groups is 1. The molecule has 0 spiro atoms. The topological polar surface area (TPSA) is 83.2 Å². The van der Waals surface area contributed by atoms with Crippen LogP contribution in [-0.2, 0) is 4.84 Å². The van der Waals surface area contributed by atoms with Gasteiger partial charge in [0.2, 0.25) is 0 Å². The Labute approximate surface area is 138 Å². The van der Waals surface area contributed by atoms with Crippen LogP contribution >= 0.6 is 0 Å². The lowest BCUT2D eigenvalue weighted by Crippen LogP contribution is -2.18. The molecule has 7 heteroatoms. The summed E-state index contributed by atoms with van der Waals surface area (Å²) in [6.07, 6.45) is 0.455. The molecule has 3 rings (SSSR count). The van der Waals surface area contributed by atoms with E-state index in [4.69, 9.17) is 14.3 Å². The molecular weight excluding hydrogens is 312 g/mol. The van der Waals surface area contributed by atoms with Gasteiger partial charge in [-0.2, -0.15) is 0 Å². The third-order valence-corrected chi connectivity index (χ3v) is 3.64. The third-order valence-electron chi connectivity index (χ3n) is 3.64. The van der Waals surface area contributed by atoms with Crippen molar-refractivity contribution in [2.45, 2.75) is 12.5 Å². The van der Waals surface area contributed by atoms with Gasteiger partial charge in [0.25, 0.3) is 5.69 Å². The zero-order chi connectivity index (χ0) is 16.9. The second kappa shape index (κ2) is 6.99. The summed E-state index contributed by atoms with van der Waals surface area (Å²) in [6, 6.07) is 13.6. The number of nitrogens with zero attached hydrogens (tertiary/aromatic N) is 2. The Bertz CT molecular complexity index is 741. The van der Waals surface area contributed by atoms with Gasteiger partial charge in [-0.3, -0.25) is 10.1 Å². The fourth-order valence-electron chi connectivity index (χ4n) is 2.32. The van der Waals surface area contributed by atoms with Crippen molar-refractivity contribution in [3.8, 4) is 11.5 Å². The van der Waals surface area contributed by atoms with Crippen LogP contribution in [0.3, 0.4) is 0 Å². The van der Waals surface area contributed by atoms with Crippen molar-refractivity contribution in [3.05, 3.63) is 64.2 Å². The first-order valence-electron chi connectivity index (χ1n) is 7.40. The Morgan fingerprint density at radius 1 is 1.17 bits per heavy atom. The van der Waals surface area contributed by atoms with E-state index in [2.05, 4.69) is 5.16 Å². The Balaban J connectivity index is 1.52. The minimum Gasteiger partial charge on any atom is -0.497 e. The van der Waals surface area contributed by atoms with Crippen LogP contribution in [0.5, 0.6) is 11.5 Å². The highest BCUT2D eigenvalue weighted by Crippen LogP contribution is 2.21. The summed E-state index contributed by atoms with van der Waals surface area (Å²) in [4.78, 5) is 15.6. The van der Waals surface area contributed by atoms with Crippen molar-refractivity contribution >= 4 is 11.4 Å². The minimum atomic E-state index is -0.446. The van der Waals surface area contributed by atoms with Crippen LogP contribution in [-0.4, -0.2) is 30.5 Å². The maximum Gasteiger partial charge on any atom is 0.269 e. The fourth-order valence-corrected chi connectivity index (χ4v) is 2.32. The quantitative estimate of drug-likeness (QED) is 0.601. The van der Waals surface area contributed by atoms with Crippen LogP contribution < -0.4 is 9.47 Å². The van der Waals surface area contributed by atoms with E-state index >= 15 is 0 Å². The molecule has 0 unspecified atom stereocenters. The molecule has 1 atom stereocenters. The number of hydrogen-bond donors (Lipinski definition) is 0. The Kier molecular flexibility index (Phi) is 4.60. The summed E-state index contributed by atoms with van der Waals surface area (Å²) in [7, 11) is 1.62. The van der Waals surface area contributed by atoms with Crippen molar-refractivity contribution in [2.24, 2.45) is 5.16 Å². The van der Waals surface area contributed by atoms with Crippen LogP contribution in [0, 0.1) is 10.1 Å². The molecule has 0 bridgehead atoms. The van der Waals surface area contributed by atoms with E-state index in [1.807, 2.05) is 24.3 Å². The molecular formula is C17H16N2O5. The molecule has 124 valence electrons. The average molecular weight is 328 g/mol. The predicted molar refractivity (Wildman–Crippen MR) is 87.6 cm³/mol. The van der Waals surface area contributed by atoms with Gasteiger partial charge in [0.15, 0.2) is 6.10 Å². The van der Waals surface area contributed by atoms with Gasteiger partial charge in [0.1, 0.15) is 18.1 Å². The molecule has 1 aliphatic rings. The monoisotopic (exact) mass is 328 g/mol. The number of nitro groups is 1. The van der Waals surface area contributed by atoms with Crippen LogP contribution in [0.2, 0.25) is 0 Å². The molecule has 1 heterocycles. The smallest absolute Gasteiger partial charge is 0.269 e. The maximum atomic E-state index is 10.6. The molecule has 2 aromatic carbocycles. The molecule has 7 nitrogen and oxygen atoms in total. The largest absolute Gasteiger partial charge is 0.497 e. The molecule has 0 aromatic heterocycles. The number of benzene rings is 2. The lowest BCUT2D eigenvalue weighted by Gasteiger charge is -2.10. The summed E-state index contributed by atoms with van der Waals surface area (Å²) < 4.78 is 10.7. The van der Waals surface area contributed by atoms with Crippen molar-refractivity contribution in [1.82, 2.24) is 0 Å². The summed E-state index contributed by atoms with van der Waals surface area (Å²) in [5.41, 5.74) is 1.87. The molecule has 0 N–H and O–H groups in total. The number of rotatable bonds is 6. The van der Waals surface area contributed by atoms with E-state index < -0.39 is 4.92 Å². The van der Waals surface area contributed by atoms with Gasteiger partial charge in [-0.25, -0.2) is 0 Å². The predicted octanol–water partition coefficient (Wildman–Crippen LogP) is 3.18. The van der Waals surface area contributed by atoms with Crippen molar-refractivity contribution in [1.29, 1.82) is 0 Å². The number of nitro benzene ring substituents is 1. The lowest BCUT2D eigenvalue weighted by molar-refractivity contribution is -0.384. The van der Waals surface area contributed by atoms with Gasteiger partial charge in [0.05, 0.1) is 17.7 Å². The molecule has 0 aliphatic carbocycles. The first kappa shape index (κ1) is 15.8. The van der Waals surface area contributed by atoms with E-state index in [-0.39, 0.29) is 11.8 Å². The molecule has 1 aliphatic heterocycles. The van der Waals surface area contributed by atoms with E-state index in [1.165, 1.54) is 12.1 Å². The van der Waals surface area contributed by atoms with Gasteiger partial charge in [-0.1, -0.05) is 5.16 Å². The molecule has 24 heavy (non-hydrogen) atoms. The summed E-state index contributed by atoms with van der Waals surface area (Å²) >= 11 is 0. The fraction of sp³-hybridized carbons (Fsp3) is 0.235. The van der Waals surface area contributed by atoms with Crippen molar-refractivity contribution < 1.29 is 19.2 Å². The summed E-state index contributed by atoms with van der Waals surface area (Å²) in [5, 5.41) is 14.7. The highest BCUT2D eigenvalue weighted by atomic mass is 16.7. The number of hydrogen-bond acceptors (Lipinski definition) is 6. The molecule has 2 aromatic rings. The van der Waals surface area contributed by atoms with E-state index in [1.54, 1.807) is 19.2 Å². The zero-order valence-corrected chi connectivity index (χ0v) is 13.0. The Morgan fingerprint density at radius 2 is 1.83 bits per heavy atom. The second-order valence-electron chi connectivity index (χ2n) is 5.26. The third kappa shape index (κ3) is 3.62. The maximum absolute atomic E-state index is 10.6. The van der Waals surface area contributed by atoms with Gasteiger partial charge >= 0.3 is 0 Å². The Hall–Kier alpha value is -3.09. The number of methoxy groups -OCH3 is 1. The first-order chi connectivity index (χ1) is 11.7. The van der Waals surface area contributed by atoms with Crippen molar-refractivity contribution in [2.75, 3.05) is 13.7 Å². The highest BCUT2D eigenvalue weighted by molar-refractivity contribution is 6.01. The SMILES string of the molecule is COc1ccc(C2=NO[C@@H](COc3ccc([N+](=O)[O-])cc3)C2)cc1. The molecule has 0 amide bonds. The second-order valence-corrected chi connectivity index (χ2v) is 5.26. The minimum absolute atomic E-state index is 0.0320.